The van der Waals surface area contributed by atoms with Crippen LogP contribution in [-0.2, 0) is 32.3 Å². The van der Waals surface area contributed by atoms with Gasteiger partial charge in [-0.3, -0.25) is 0 Å². The van der Waals surface area contributed by atoms with E-state index in [1.165, 1.54) is 0 Å². The van der Waals surface area contributed by atoms with Gasteiger partial charge in [0.15, 0.2) is 0 Å². The van der Waals surface area contributed by atoms with E-state index in [1.54, 1.807) is 25.6 Å². The Morgan fingerprint density at radius 3 is 1.37 bits per heavy atom. The van der Waals surface area contributed by atoms with Gasteiger partial charge in [-0.15, -0.1) is 0 Å². The number of esters is 2. The van der Waals surface area contributed by atoms with E-state index in [4.69, 9.17) is 9.47 Å². The second-order valence-corrected chi connectivity index (χ2v) is 7.25. The first-order chi connectivity index (χ1) is 12.8. The van der Waals surface area contributed by atoms with E-state index in [-0.39, 0.29) is 25.2 Å². The minimum atomic E-state index is -0.387. The third-order valence-corrected chi connectivity index (χ3v) is 4.53. The maximum Gasteiger partial charge on any atom is 0.333 e. The summed E-state index contributed by atoms with van der Waals surface area (Å²) < 4.78 is 10.3. The zero-order valence-electron chi connectivity index (χ0n) is 15.5. The lowest BCUT2D eigenvalue weighted by Gasteiger charge is -2.07. The van der Waals surface area contributed by atoms with E-state index in [9.17, 15) is 9.59 Å². The molecule has 0 unspecified atom stereocenters. The standard InChI is InChI=1S/C22H22O4S/c1-15(2)21(23)25-13-17-5-9-19(10-6-17)27-20-11-7-18(8-12-20)14-26-22(24)16(3)4/h5-12H,1,3,13-14H2,2,4H3. The molecule has 0 radical (unpaired) electrons. The van der Waals surface area contributed by atoms with Gasteiger partial charge in [0, 0.05) is 20.9 Å². The molecule has 0 saturated carbocycles. The SMILES string of the molecule is C=C(C)C(=O)OCc1ccc(Sc2ccc(COC(=O)C(=C)C)cc2)cc1. The molecular weight excluding hydrogens is 360 g/mol. The van der Waals surface area contributed by atoms with Crippen molar-refractivity contribution in [3.05, 3.63) is 84.0 Å². The highest BCUT2D eigenvalue weighted by Gasteiger charge is 2.05. The van der Waals surface area contributed by atoms with Crippen LogP contribution >= 0.6 is 11.8 Å². The highest BCUT2D eigenvalue weighted by Crippen LogP contribution is 2.28. The van der Waals surface area contributed by atoms with Crippen LogP contribution in [0.5, 0.6) is 0 Å². The first kappa shape index (κ1) is 20.5. The van der Waals surface area contributed by atoms with Crippen LogP contribution in [0.15, 0.2) is 82.6 Å². The van der Waals surface area contributed by atoms with E-state index >= 15 is 0 Å². The van der Waals surface area contributed by atoms with Gasteiger partial charge in [-0.25, -0.2) is 9.59 Å². The lowest BCUT2D eigenvalue weighted by molar-refractivity contribution is -0.141. The predicted molar refractivity (Wildman–Crippen MR) is 106 cm³/mol. The Morgan fingerprint density at radius 2 is 1.07 bits per heavy atom. The van der Waals surface area contributed by atoms with Gasteiger partial charge in [-0.05, 0) is 49.2 Å². The van der Waals surface area contributed by atoms with Crippen molar-refractivity contribution < 1.29 is 19.1 Å². The third kappa shape index (κ3) is 6.79. The second-order valence-electron chi connectivity index (χ2n) is 6.10. The lowest BCUT2D eigenvalue weighted by Crippen LogP contribution is -2.04. The Hall–Kier alpha value is -2.79. The number of carbonyl (C=O) groups excluding carboxylic acids is 2. The lowest BCUT2D eigenvalue weighted by atomic mass is 10.2. The van der Waals surface area contributed by atoms with Gasteiger partial charge in [-0.2, -0.15) is 0 Å². The first-order valence-electron chi connectivity index (χ1n) is 8.36. The first-order valence-corrected chi connectivity index (χ1v) is 9.18. The van der Waals surface area contributed by atoms with Crippen molar-refractivity contribution in [1.29, 1.82) is 0 Å². The van der Waals surface area contributed by atoms with Crippen molar-refractivity contribution in [2.45, 2.75) is 36.9 Å². The van der Waals surface area contributed by atoms with Crippen molar-refractivity contribution >= 4 is 23.7 Å². The van der Waals surface area contributed by atoms with Gasteiger partial charge >= 0.3 is 11.9 Å². The van der Waals surface area contributed by atoms with Crippen molar-refractivity contribution in [2.24, 2.45) is 0 Å². The molecule has 0 amide bonds. The van der Waals surface area contributed by atoms with Gasteiger partial charge in [-0.1, -0.05) is 49.2 Å². The van der Waals surface area contributed by atoms with Crippen LogP contribution in [0.3, 0.4) is 0 Å². The normalized spacial score (nSPS) is 10.1. The quantitative estimate of drug-likeness (QED) is 0.471. The summed E-state index contributed by atoms with van der Waals surface area (Å²) in [5.74, 6) is -0.773. The molecule has 0 heterocycles. The Balaban J connectivity index is 1.87. The summed E-state index contributed by atoms with van der Waals surface area (Å²) in [6, 6.07) is 15.7. The van der Waals surface area contributed by atoms with E-state index in [0.717, 1.165) is 20.9 Å². The molecular formula is C22H22O4S. The molecule has 27 heavy (non-hydrogen) atoms. The molecule has 0 atom stereocenters. The van der Waals surface area contributed by atoms with Gasteiger partial charge in [0.1, 0.15) is 13.2 Å². The Kier molecular flexibility index (Phi) is 7.44. The minimum absolute atomic E-state index is 0.230. The number of benzene rings is 2. The third-order valence-electron chi connectivity index (χ3n) is 3.52. The van der Waals surface area contributed by atoms with Gasteiger partial charge < -0.3 is 9.47 Å². The average molecular weight is 382 g/mol. The molecule has 2 aromatic rings. The fraction of sp³-hybridized carbons (Fsp3) is 0.182. The highest BCUT2D eigenvalue weighted by atomic mass is 32.2. The van der Waals surface area contributed by atoms with E-state index < -0.39 is 0 Å². The summed E-state index contributed by atoms with van der Waals surface area (Å²) in [5.41, 5.74) is 2.62. The molecule has 0 N–H and O–H groups in total. The molecule has 140 valence electrons. The zero-order valence-corrected chi connectivity index (χ0v) is 16.3. The number of rotatable bonds is 8. The molecule has 0 spiro atoms. The molecule has 0 aromatic heterocycles. The fourth-order valence-electron chi connectivity index (χ4n) is 1.99. The van der Waals surface area contributed by atoms with Crippen LogP contribution in [0.4, 0.5) is 0 Å². The summed E-state index contributed by atoms with van der Waals surface area (Å²) in [7, 11) is 0. The van der Waals surface area contributed by atoms with Crippen molar-refractivity contribution in [3.63, 3.8) is 0 Å². The molecule has 0 aliphatic carbocycles. The van der Waals surface area contributed by atoms with Gasteiger partial charge in [0.2, 0.25) is 0 Å². The molecule has 2 rings (SSSR count). The maximum atomic E-state index is 11.4. The fourth-order valence-corrected chi connectivity index (χ4v) is 2.80. The van der Waals surface area contributed by atoms with Crippen LogP contribution in [0, 0.1) is 0 Å². The summed E-state index contributed by atoms with van der Waals surface area (Å²) >= 11 is 1.62. The minimum Gasteiger partial charge on any atom is -0.457 e. The number of ether oxygens (including phenoxy) is 2. The van der Waals surface area contributed by atoms with Gasteiger partial charge in [0.05, 0.1) is 0 Å². The highest BCUT2D eigenvalue weighted by molar-refractivity contribution is 7.99. The maximum absolute atomic E-state index is 11.4. The summed E-state index contributed by atoms with van der Waals surface area (Å²) in [6.45, 7) is 10.8. The van der Waals surface area contributed by atoms with Crippen LogP contribution in [-0.4, -0.2) is 11.9 Å². The monoisotopic (exact) mass is 382 g/mol. The van der Waals surface area contributed by atoms with Crippen LogP contribution in [0.1, 0.15) is 25.0 Å². The van der Waals surface area contributed by atoms with E-state index in [0.29, 0.717) is 11.1 Å². The van der Waals surface area contributed by atoms with Crippen LogP contribution in [0.25, 0.3) is 0 Å². The molecule has 0 fully saturated rings. The summed E-state index contributed by atoms with van der Waals surface area (Å²) in [6.07, 6.45) is 0. The largest absolute Gasteiger partial charge is 0.457 e. The molecule has 0 aliphatic heterocycles. The smallest absolute Gasteiger partial charge is 0.333 e. The molecule has 5 heteroatoms. The van der Waals surface area contributed by atoms with Crippen molar-refractivity contribution in [3.8, 4) is 0 Å². The second kappa shape index (κ2) is 9.78. The zero-order chi connectivity index (χ0) is 19.8. The molecule has 4 nitrogen and oxygen atoms in total. The molecule has 0 bridgehead atoms. The van der Waals surface area contributed by atoms with Crippen LogP contribution < -0.4 is 0 Å². The number of hydrogen-bond donors (Lipinski definition) is 0. The van der Waals surface area contributed by atoms with Crippen molar-refractivity contribution in [2.75, 3.05) is 0 Å². The summed E-state index contributed by atoms with van der Waals surface area (Å²) in [4.78, 5) is 25.0. The number of carbonyl (C=O) groups is 2. The van der Waals surface area contributed by atoms with Crippen LogP contribution in [0.2, 0.25) is 0 Å². The number of hydrogen-bond acceptors (Lipinski definition) is 5. The van der Waals surface area contributed by atoms with E-state index in [2.05, 4.69) is 13.2 Å². The Morgan fingerprint density at radius 1 is 0.741 bits per heavy atom. The molecule has 0 saturated heterocycles. The Labute approximate surface area is 163 Å². The Bertz CT molecular complexity index is 764. The topological polar surface area (TPSA) is 52.6 Å². The van der Waals surface area contributed by atoms with Crippen molar-refractivity contribution in [1.82, 2.24) is 0 Å². The average Bonchev–Trinajstić information content (AvgIpc) is 2.66. The molecule has 2 aromatic carbocycles. The van der Waals surface area contributed by atoms with E-state index in [1.807, 2.05) is 48.5 Å². The van der Waals surface area contributed by atoms with Gasteiger partial charge in [0.25, 0.3) is 0 Å². The summed E-state index contributed by atoms with van der Waals surface area (Å²) in [5, 5.41) is 0. The molecule has 0 aliphatic rings. The predicted octanol–water partition coefficient (Wildman–Crippen LogP) is 5.08.